The van der Waals surface area contributed by atoms with Gasteiger partial charge in [0.25, 0.3) is 0 Å². The molecule has 0 spiro atoms. The lowest BCUT2D eigenvalue weighted by Crippen LogP contribution is -2.43. The maximum Gasteiger partial charge on any atom is 0.0221 e. The Bertz CT molecular complexity index is 186. The SMILES string of the molecule is CCN1CCCC1CNCCNC(C)(C)C. The number of likely N-dealkylation sites (N-methyl/N-ethyl adjacent to an activating group) is 1. The molecule has 0 aliphatic carbocycles. The molecule has 0 aromatic rings. The molecule has 2 N–H and O–H groups in total. The summed E-state index contributed by atoms with van der Waals surface area (Å²) >= 11 is 0. The van der Waals surface area contributed by atoms with Crippen molar-refractivity contribution >= 4 is 0 Å². The van der Waals surface area contributed by atoms with Crippen molar-refractivity contribution in [1.82, 2.24) is 15.5 Å². The first-order valence-electron chi connectivity index (χ1n) is 6.72. The summed E-state index contributed by atoms with van der Waals surface area (Å²) in [5, 5.41) is 7.06. The van der Waals surface area contributed by atoms with Gasteiger partial charge in [0.2, 0.25) is 0 Å². The van der Waals surface area contributed by atoms with Gasteiger partial charge in [0.05, 0.1) is 0 Å². The van der Waals surface area contributed by atoms with Gasteiger partial charge in [-0.15, -0.1) is 0 Å². The van der Waals surface area contributed by atoms with Crippen LogP contribution in [0.15, 0.2) is 0 Å². The minimum Gasteiger partial charge on any atom is -0.314 e. The van der Waals surface area contributed by atoms with Crippen LogP contribution in [0.3, 0.4) is 0 Å². The molecule has 1 rings (SSSR count). The predicted octanol–water partition coefficient (Wildman–Crippen LogP) is 1.45. The first-order chi connectivity index (χ1) is 7.53. The zero-order valence-corrected chi connectivity index (χ0v) is 11.5. The highest BCUT2D eigenvalue weighted by atomic mass is 15.2. The van der Waals surface area contributed by atoms with E-state index in [1.165, 1.54) is 25.9 Å². The molecule has 0 saturated carbocycles. The van der Waals surface area contributed by atoms with E-state index < -0.39 is 0 Å². The Kier molecular flexibility index (Phi) is 5.73. The highest BCUT2D eigenvalue weighted by molar-refractivity contribution is 4.80. The Balaban J connectivity index is 2.03. The molecule has 0 amide bonds. The lowest BCUT2D eigenvalue weighted by atomic mass is 10.1. The molecule has 16 heavy (non-hydrogen) atoms. The van der Waals surface area contributed by atoms with Crippen molar-refractivity contribution in [1.29, 1.82) is 0 Å². The fourth-order valence-electron chi connectivity index (χ4n) is 2.34. The molecular formula is C13H29N3. The molecule has 0 bridgehead atoms. The van der Waals surface area contributed by atoms with E-state index in [-0.39, 0.29) is 5.54 Å². The molecule has 1 saturated heterocycles. The predicted molar refractivity (Wildman–Crippen MR) is 70.9 cm³/mol. The van der Waals surface area contributed by atoms with Gasteiger partial charge in [0, 0.05) is 31.2 Å². The van der Waals surface area contributed by atoms with Crippen molar-refractivity contribution in [2.45, 2.75) is 52.1 Å². The molecule has 1 heterocycles. The fraction of sp³-hybridized carbons (Fsp3) is 1.00. The third-order valence-corrected chi connectivity index (χ3v) is 3.24. The van der Waals surface area contributed by atoms with Gasteiger partial charge in [-0.1, -0.05) is 6.92 Å². The summed E-state index contributed by atoms with van der Waals surface area (Å²) in [5.41, 5.74) is 0.241. The van der Waals surface area contributed by atoms with E-state index in [0.29, 0.717) is 0 Å². The van der Waals surface area contributed by atoms with Crippen LogP contribution in [-0.2, 0) is 0 Å². The zero-order valence-electron chi connectivity index (χ0n) is 11.5. The second-order valence-electron chi connectivity index (χ2n) is 5.81. The normalized spacial score (nSPS) is 22.9. The van der Waals surface area contributed by atoms with Crippen LogP contribution < -0.4 is 10.6 Å². The van der Waals surface area contributed by atoms with Crippen molar-refractivity contribution in [2.24, 2.45) is 0 Å². The average Bonchev–Trinajstić information content (AvgIpc) is 2.63. The largest absolute Gasteiger partial charge is 0.314 e. The topological polar surface area (TPSA) is 27.3 Å². The minimum absolute atomic E-state index is 0.241. The third-order valence-electron chi connectivity index (χ3n) is 3.24. The number of hydrogen-bond donors (Lipinski definition) is 2. The Labute approximate surface area is 101 Å². The van der Waals surface area contributed by atoms with Crippen molar-refractivity contribution in [3.05, 3.63) is 0 Å². The number of rotatable bonds is 6. The van der Waals surface area contributed by atoms with E-state index in [0.717, 1.165) is 25.7 Å². The molecular weight excluding hydrogens is 198 g/mol. The lowest BCUT2D eigenvalue weighted by Gasteiger charge is -2.24. The van der Waals surface area contributed by atoms with Crippen molar-refractivity contribution in [2.75, 3.05) is 32.7 Å². The molecule has 0 aromatic heterocycles. The van der Waals surface area contributed by atoms with Gasteiger partial charge >= 0.3 is 0 Å². The first-order valence-corrected chi connectivity index (χ1v) is 6.72. The van der Waals surface area contributed by atoms with E-state index in [9.17, 15) is 0 Å². The smallest absolute Gasteiger partial charge is 0.0221 e. The minimum atomic E-state index is 0.241. The molecule has 3 heteroatoms. The zero-order chi connectivity index (χ0) is 12.0. The summed E-state index contributed by atoms with van der Waals surface area (Å²) in [6.45, 7) is 14.7. The number of likely N-dealkylation sites (tertiary alicyclic amines) is 1. The van der Waals surface area contributed by atoms with Crippen molar-refractivity contribution in [3.8, 4) is 0 Å². The molecule has 3 nitrogen and oxygen atoms in total. The van der Waals surface area contributed by atoms with E-state index in [1.807, 2.05) is 0 Å². The van der Waals surface area contributed by atoms with Gasteiger partial charge in [-0.2, -0.15) is 0 Å². The Morgan fingerprint density at radius 2 is 2.00 bits per heavy atom. The average molecular weight is 227 g/mol. The highest BCUT2D eigenvalue weighted by Gasteiger charge is 2.21. The Morgan fingerprint density at radius 1 is 1.25 bits per heavy atom. The maximum absolute atomic E-state index is 3.56. The van der Waals surface area contributed by atoms with E-state index >= 15 is 0 Å². The molecule has 1 unspecified atom stereocenters. The van der Waals surface area contributed by atoms with Crippen LogP contribution in [0, 0.1) is 0 Å². The Morgan fingerprint density at radius 3 is 2.62 bits per heavy atom. The fourth-order valence-corrected chi connectivity index (χ4v) is 2.34. The van der Waals surface area contributed by atoms with Crippen LogP contribution in [-0.4, -0.2) is 49.2 Å². The molecule has 1 fully saturated rings. The van der Waals surface area contributed by atoms with Gasteiger partial charge in [-0.05, 0) is 46.7 Å². The summed E-state index contributed by atoms with van der Waals surface area (Å²) in [6.07, 6.45) is 2.74. The molecule has 96 valence electrons. The molecule has 1 aliphatic rings. The van der Waals surface area contributed by atoms with Crippen molar-refractivity contribution in [3.63, 3.8) is 0 Å². The molecule has 0 aromatic carbocycles. The van der Waals surface area contributed by atoms with Crippen LogP contribution in [0.4, 0.5) is 0 Å². The lowest BCUT2D eigenvalue weighted by molar-refractivity contribution is 0.259. The quantitative estimate of drug-likeness (QED) is 0.673. The summed E-state index contributed by atoms with van der Waals surface area (Å²) in [6, 6.07) is 0.777. The first kappa shape index (κ1) is 13.9. The molecule has 1 atom stereocenters. The van der Waals surface area contributed by atoms with Gasteiger partial charge in [-0.3, -0.25) is 4.90 Å². The standard InChI is InChI=1S/C13H29N3/c1-5-16-10-6-7-12(16)11-14-8-9-15-13(2,3)4/h12,14-15H,5-11H2,1-4H3. The second kappa shape index (κ2) is 6.58. The monoisotopic (exact) mass is 227 g/mol. The summed E-state index contributed by atoms with van der Waals surface area (Å²) in [5.74, 6) is 0. The van der Waals surface area contributed by atoms with Crippen LogP contribution in [0.2, 0.25) is 0 Å². The van der Waals surface area contributed by atoms with Crippen LogP contribution in [0.5, 0.6) is 0 Å². The summed E-state index contributed by atoms with van der Waals surface area (Å²) < 4.78 is 0. The van der Waals surface area contributed by atoms with Crippen LogP contribution in [0.25, 0.3) is 0 Å². The van der Waals surface area contributed by atoms with Gasteiger partial charge in [0.1, 0.15) is 0 Å². The highest BCUT2D eigenvalue weighted by Crippen LogP contribution is 2.15. The van der Waals surface area contributed by atoms with E-state index in [1.54, 1.807) is 0 Å². The number of hydrogen-bond acceptors (Lipinski definition) is 3. The van der Waals surface area contributed by atoms with Crippen LogP contribution in [0.1, 0.15) is 40.5 Å². The summed E-state index contributed by atoms with van der Waals surface area (Å²) in [7, 11) is 0. The van der Waals surface area contributed by atoms with Gasteiger partial charge in [0.15, 0.2) is 0 Å². The van der Waals surface area contributed by atoms with Gasteiger partial charge < -0.3 is 10.6 Å². The van der Waals surface area contributed by atoms with Crippen molar-refractivity contribution < 1.29 is 0 Å². The number of nitrogens with zero attached hydrogens (tertiary/aromatic N) is 1. The van der Waals surface area contributed by atoms with Gasteiger partial charge in [-0.25, -0.2) is 0 Å². The summed E-state index contributed by atoms with van der Waals surface area (Å²) in [4.78, 5) is 2.59. The Hall–Kier alpha value is -0.120. The van der Waals surface area contributed by atoms with E-state index in [2.05, 4.69) is 43.2 Å². The number of nitrogens with one attached hydrogen (secondary N) is 2. The van der Waals surface area contributed by atoms with Crippen LogP contribution >= 0.6 is 0 Å². The molecule has 1 aliphatic heterocycles. The van der Waals surface area contributed by atoms with E-state index in [4.69, 9.17) is 0 Å². The third kappa shape index (κ3) is 5.28. The second-order valence-corrected chi connectivity index (χ2v) is 5.81. The maximum atomic E-state index is 3.56. The molecule has 0 radical (unpaired) electrons.